The molecule has 20 heavy (non-hydrogen) atoms. The van der Waals surface area contributed by atoms with E-state index in [1.165, 1.54) is 25.3 Å². The maximum atomic E-state index is 10.9. The normalized spacial score (nSPS) is 11.7. The van der Waals surface area contributed by atoms with Gasteiger partial charge in [-0.25, -0.2) is 0 Å². The molecule has 0 aliphatic heterocycles. The summed E-state index contributed by atoms with van der Waals surface area (Å²) in [6.07, 6.45) is 0.780. The van der Waals surface area contributed by atoms with E-state index in [1.54, 1.807) is 0 Å². The smallest absolute Gasteiger partial charge is 0.320 e. The molecule has 1 aromatic carbocycles. The van der Waals surface area contributed by atoms with Crippen LogP contribution in [-0.2, 0) is 4.79 Å². The van der Waals surface area contributed by atoms with Crippen LogP contribution in [0.2, 0.25) is 0 Å². The van der Waals surface area contributed by atoms with Gasteiger partial charge in [0.1, 0.15) is 17.5 Å². The number of nitro groups is 1. The van der Waals surface area contributed by atoms with Crippen LogP contribution in [0, 0.1) is 10.1 Å². The quantitative estimate of drug-likeness (QED) is 0.371. The third-order valence-electron chi connectivity index (χ3n) is 2.72. The number of methoxy groups -OCH3 is 1. The first-order valence-electron chi connectivity index (χ1n) is 6.00. The molecule has 110 valence electrons. The summed E-state index contributed by atoms with van der Waals surface area (Å²) in [4.78, 5) is 20.9. The average molecular weight is 283 g/mol. The molecule has 0 heterocycles. The Morgan fingerprint density at radius 2 is 2.30 bits per heavy atom. The fourth-order valence-corrected chi connectivity index (χ4v) is 1.61. The minimum absolute atomic E-state index is 0.0617. The summed E-state index contributed by atoms with van der Waals surface area (Å²) in [6.45, 7) is 0.384. The van der Waals surface area contributed by atoms with Gasteiger partial charge < -0.3 is 20.9 Å². The lowest BCUT2D eigenvalue weighted by atomic mass is 10.1. The Labute approximate surface area is 115 Å². The molecule has 8 heteroatoms. The van der Waals surface area contributed by atoms with Gasteiger partial charge >= 0.3 is 5.97 Å². The van der Waals surface area contributed by atoms with Crippen LogP contribution in [0.15, 0.2) is 18.2 Å². The summed E-state index contributed by atoms with van der Waals surface area (Å²) in [5, 5.41) is 22.4. The molecule has 0 spiro atoms. The van der Waals surface area contributed by atoms with Crippen molar-refractivity contribution in [3.05, 3.63) is 28.3 Å². The average Bonchev–Trinajstić information content (AvgIpc) is 2.42. The zero-order valence-electron chi connectivity index (χ0n) is 11.0. The Kier molecular flexibility index (Phi) is 5.73. The Balaban J connectivity index is 2.62. The SMILES string of the molecule is COc1ccc([N+](=O)[O-])c(NCCC[C@@H](N)C(=O)O)c1. The van der Waals surface area contributed by atoms with Crippen LogP contribution in [0.1, 0.15) is 12.8 Å². The summed E-state index contributed by atoms with van der Waals surface area (Å²) >= 11 is 0. The van der Waals surface area contributed by atoms with E-state index in [4.69, 9.17) is 15.6 Å². The molecule has 0 radical (unpaired) electrons. The van der Waals surface area contributed by atoms with Gasteiger partial charge in [0.2, 0.25) is 0 Å². The lowest BCUT2D eigenvalue weighted by Gasteiger charge is -2.10. The zero-order chi connectivity index (χ0) is 15.1. The van der Waals surface area contributed by atoms with Crippen LogP contribution in [0.5, 0.6) is 5.75 Å². The number of anilines is 1. The predicted molar refractivity (Wildman–Crippen MR) is 73.0 cm³/mol. The summed E-state index contributed by atoms with van der Waals surface area (Å²) in [5.74, 6) is -0.558. The number of nitrogens with one attached hydrogen (secondary N) is 1. The van der Waals surface area contributed by atoms with E-state index in [2.05, 4.69) is 5.32 Å². The molecular formula is C12H17N3O5. The van der Waals surface area contributed by atoms with Gasteiger partial charge in [0.25, 0.3) is 5.69 Å². The number of nitrogens with two attached hydrogens (primary N) is 1. The van der Waals surface area contributed by atoms with E-state index in [0.717, 1.165) is 0 Å². The molecule has 1 atom stereocenters. The molecule has 0 aliphatic carbocycles. The lowest BCUT2D eigenvalue weighted by Crippen LogP contribution is -2.30. The summed E-state index contributed by atoms with van der Waals surface area (Å²) in [6, 6.07) is 3.46. The van der Waals surface area contributed by atoms with Gasteiger partial charge in [-0.05, 0) is 18.9 Å². The van der Waals surface area contributed by atoms with Gasteiger partial charge in [0, 0.05) is 18.7 Å². The standard InChI is InChI=1S/C12H17N3O5/c1-20-8-4-5-11(15(18)19)10(7-8)14-6-2-3-9(13)12(16)17/h4-5,7,9,14H,2-3,6,13H2,1H3,(H,16,17)/t9-/m1/s1. The van der Waals surface area contributed by atoms with Crippen LogP contribution in [-0.4, -0.2) is 35.7 Å². The molecule has 0 bridgehead atoms. The van der Waals surface area contributed by atoms with Crippen LogP contribution in [0.4, 0.5) is 11.4 Å². The number of carbonyl (C=O) groups is 1. The molecule has 0 aliphatic rings. The number of benzene rings is 1. The van der Waals surface area contributed by atoms with E-state index >= 15 is 0 Å². The van der Waals surface area contributed by atoms with Gasteiger partial charge in [-0.3, -0.25) is 14.9 Å². The highest BCUT2D eigenvalue weighted by Crippen LogP contribution is 2.28. The molecule has 0 fully saturated rings. The van der Waals surface area contributed by atoms with Crippen molar-refractivity contribution >= 4 is 17.3 Å². The van der Waals surface area contributed by atoms with Crippen LogP contribution < -0.4 is 15.8 Å². The van der Waals surface area contributed by atoms with Crippen molar-refractivity contribution in [2.45, 2.75) is 18.9 Å². The third-order valence-corrected chi connectivity index (χ3v) is 2.72. The van der Waals surface area contributed by atoms with E-state index in [9.17, 15) is 14.9 Å². The largest absolute Gasteiger partial charge is 0.497 e. The molecule has 1 aromatic rings. The van der Waals surface area contributed by atoms with Crippen molar-refractivity contribution in [3.63, 3.8) is 0 Å². The Hall–Kier alpha value is -2.35. The number of ether oxygens (including phenoxy) is 1. The fraction of sp³-hybridized carbons (Fsp3) is 0.417. The summed E-state index contributed by atoms with van der Waals surface area (Å²) in [5.41, 5.74) is 5.63. The topological polar surface area (TPSA) is 128 Å². The van der Waals surface area contributed by atoms with Crippen LogP contribution >= 0.6 is 0 Å². The second-order valence-electron chi connectivity index (χ2n) is 4.15. The first-order valence-corrected chi connectivity index (χ1v) is 6.00. The summed E-state index contributed by atoms with van der Waals surface area (Å²) < 4.78 is 5.01. The minimum Gasteiger partial charge on any atom is -0.497 e. The molecule has 0 amide bonds. The Bertz CT molecular complexity index is 492. The second-order valence-corrected chi connectivity index (χ2v) is 4.15. The maximum Gasteiger partial charge on any atom is 0.320 e. The van der Waals surface area contributed by atoms with Crippen molar-refractivity contribution < 1.29 is 19.6 Å². The highest BCUT2D eigenvalue weighted by molar-refractivity contribution is 5.73. The fourth-order valence-electron chi connectivity index (χ4n) is 1.61. The molecule has 0 aromatic heterocycles. The minimum atomic E-state index is -1.06. The van der Waals surface area contributed by atoms with Gasteiger partial charge in [0.15, 0.2) is 0 Å². The zero-order valence-corrected chi connectivity index (χ0v) is 11.0. The maximum absolute atomic E-state index is 10.9. The predicted octanol–water partition coefficient (Wildman–Crippen LogP) is 1.21. The van der Waals surface area contributed by atoms with Crippen molar-refractivity contribution in [2.75, 3.05) is 19.0 Å². The number of aliphatic carboxylic acids is 1. The Morgan fingerprint density at radius 3 is 2.85 bits per heavy atom. The van der Waals surface area contributed by atoms with E-state index in [-0.39, 0.29) is 5.69 Å². The molecule has 4 N–H and O–H groups in total. The molecule has 0 unspecified atom stereocenters. The van der Waals surface area contributed by atoms with Crippen molar-refractivity contribution in [2.24, 2.45) is 5.73 Å². The van der Waals surface area contributed by atoms with E-state index < -0.39 is 16.9 Å². The van der Waals surface area contributed by atoms with Crippen molar-refractivity contribution in [3.8, 4) is 5.75 Å². The second kappa shape index (κ2) is 7.29. The van der Waals surface area contributed by atoms with Crippen molar-refractivity contribution in [1.82, 2.24) is 0 Å². The lowest BCUT2D eigenvalue weighted by molar-refractivity contribution is -0.384. The number of carboxylic acids is 1. The van der Waals surface area contributed by atoms with E-state index in [1.807, 2.05) is 0 Å². The van der Waals surface area contributed by atoms with Gasteiger partial charge in [-0.2, -0.15) is 0 Å². The number of hydrogen-bond donors (Lipinski definition) is 3. The van der Waals surface area contributed by atoms with Crippen molar-refractivity contribution in [1.29, 1.82) is 0 Å². The molecular weight excluding hydrogens is 266 g/mol. The monoisotopic (exact) mass is 283 g/mol. The van der Waals surface area contributed by atoms with Crippen LogP contribution in [0.3, 0.4) is 0 Å². The number of hydrogen-bond acceptors (Lipinski definition) is 6. The first-order chi connectivity index (χ1) is 9.45. The van der Waals surface area contributed by atoms with Gasteiger partial charge in [-0.1, -0.05) is 0 Å². The Morgan fingerprint density at radius 1 is 1.60 bits per heavy atom. The highest BCUT2D eigenvalue weighted by Gasteiger charge is 2.15. The molecule has 0 saturated carbocycles. The van der Waals surface area contributed by atoms with E-state index in [0.29, 0.717) is 30.8 Å². The van der Waals surface area contributed by atoms with Gasteiger partial charge in [-0.15, -0.1) is 0 Å². The molecule has 1 rings (SSSR count). The third kappa shape index (κ3) is 4.39. The summed E-state index contributed by atoms with van der Waals surface area (Å²) in [7, 11) is 1.47. The molecule has 0 saturated heterocycles. The number of carboxylic acid groups (broad SMARTS) is 1. The number of nitro benzene ring substituents is 1. The highest BCUT2D eigenvalue weighted by atomic mass is 16.6. The first kappa shape index (κ1) is 15.7. The molecule has 8 nitrogen and oxygen atoms in total. The van der Waals surface area contributed by atoms with Gasteiger partial charge in [0.05, 0.1) is 12.0 Å². The number of rotatable bonds is 8. The van der Waals surface area contributed by atoms with Crippen LogP contribution in [0.25, 0.3) is 0 Å². The number of nitrogens with zero attached hydrogens (tertiary/aromatic N) is 1.